The van der Waals surface area contributed by atoms with Crippen molar-refractivity contribution >= 4 is 11.6 Å². The Kier molecular flexibility index (Phi) is 3.47. The number of rotatable bonds is 1. The van der Waals surface area contributed by atoms with E-state index in [0.29, 0.717) is 0 Å². The van der Waals surface area contributed by atoms with Gasteiger partial charge in [0.1, 0.15) is 0 Å². The van der Waals surface area contributed by atoms with Gasteiger partial charge >= 0.3 is 12.5 Å². The maximum atomic E-state index is 12.9. The van der Waals surface area contributed by atoms with Gasteiger partial charge in [-0.15, -0.1) is 13.2 Å². The molecule has 0 saturated carbocycles. The Morgan fingerprint density at radius 2 is 1.53 bits per heavy atom. The van der Waals surface area contributed by atoms with Crippen molar-refractivity contribution in [2.24, 2.45) is 0 Å². The second-order valence-corrected chi connectivity index (χ2v) is 3.22. The Hall–Kier alpha value is -1.18. The molecular formula is C8H2ClF7O. The first-order valence-corrected chi connectivity index (χ1v) is 4.20. The molecular weight excluding hydrogens is 281 g/mol. The Balaban J connectivity index is 3.25. The van der Waals surface area contributed by atoms with Crippen LogP contribution in [0.25, 0.3) is 0 Å². The lowest BCUT2D eigenvalue weighted by atomic mass is 10.2. The molecule has 1 nitrogen and oxygen atoms in total. The normalized spacial score (nSPS) is 12.7. The fraction of sp³-hybridized carbons (Fsp3) is 0.250. The first-order valence-electron chi connectivity index (χ1n) is 3.82. The highest BCUT2D eigenvalue weighted by Crippen LogP contribution is 2.39. The maximum absolute atomic E-state index is 12.9. The van der Waals surface area contributed by atoms with Crippen LogP contribution in [0.1, 0.15) is 5.56 Å². The molecule has 96 valence electrons. The van der Waals surface area contributed by atoms with E-state index in [0.717, 1.165) is 0 Å². The largest absolute Gasteiger partial charge is 0.573 e. The molecule has 17 heavy (non-hydrogen) atoms. The van der Waals surface area contributed by atoms with Crippen LogP contribution in [-0.4, -0.2) is 6.36 Å². The summed E-state index contributed by atoms with van der Waals surface area (Å²) in [6, 6.07) is -0.0450. The van der Waals surface area contributed by atoms with Crippen LogP contribution < -0.4 is 4.74 Å². The summed E-state index contributed by atoms with van der Waals surface area (Å²) in [5.74, 6) is -3.23. The number of halogens is 8. The van der Waals surface area contributed by atoms with Gasteiger partial charge in [0, 0.05) is 0 Å². The number of benzene rings is 1. The zero-order chi connectivity index (χ0) is 13.4. The van der Waals surface area contributed by atoms with Crippen LogP contribution in [0.15, 0.2) is 12.1 Å². The maximum Gasteiger partial charge on any atom is 0.573 e. The minimum atomic E-state index is -5.29. The van der Waals surface area contributed by atoms with Crippen LogP contribution >= 0.6 is 11.6 Å². The van der Waals surface area contributed by atoms with Gasteiger partial charge in [-0.1, -0.05) is 11.6 Å². The molecule has 0 heterocycles. The summed E-state index contributed by atoms with van der Waals surface area (Å²) in [6.07, 6.45) is -10.3. The summed E-state index contributed by atoms with van der Waals surface area (Å²) in [5.41, 5.74) is -1.61. The van der Waals surface area contributed by atoms with Crippen LogP contribution in [-0.2, 0) is 6.18 Å². The molecule has 0 amide bonds. The molecule has 0 aliphatic heterocycles. The van der Waals surface area contributed by atoms with Crippen LogP contribution in [0.3, 0.4) is 0 Å². The Morgan fingerprint density at radius 3 is 1.94 bits per heavy atom. The van der Waals surface area contributed by atoms with E-state index in [9.17, 15) is 30.7 Å². The lowest BCUT2D eigenvalue weighted by molar-refractivity contribution is -0.275. The van der Waals surface area contributed by atoms with Crippen LogP contribution in [0, 0.1) is 5.82 Å². The van der Waals surface area contributed by atoms with E-state index < -0.39 is 34.7 Å². The molecule has 0 atom stereocenters. The zero-order valence-corrected chi connectivity index (χ0v) is 8.34. The topological polar surface area (TPSA) is 9.23 Å². The third-order valence-electron chi connectivity index (χ3n) is 1.55. The summed E-state index contributed by atoms with van der Waals surface area (Å²) >= 11 is 5.06. The Bertz CT molecular complexity index is 423. The van der Waals surface area contributed by atoms with Crippen molar-refractivity contribution in [3.8, 4) is 5.75 Å². The second-order valence-electron chi connectivity index (χ2n) is 2.81. The molecule has 0 aliphatic carbocycles. The minimum absolute atomic E-state index is 0.103. The summed E-state index contributed by atoms with van der Waals surface area (Å²) in [4.78, 5) is 0. The van der Waals surface area contributed by atoms with Crippen molar-refractivity contribution in [1.29, 1.82) is 0 Å². The molecule has 0 saturated heterocycles. The highest BCUT2D eigenvalue weighted by molar-refractivity contribution is 6.31. The van der Waals surface area contributed by atoms with E-state index >= 15 is 0 Å². The molecule has 0 unspecified atom stereocenters. The molecule has 0 bridgehead atoms. The summed E-state index contributed by atoms with van der Waals surface area (Å²) < 4.78 is 88.0. The third kappa shape index (κ3) is 3.65. The van der Waals surface area contributed by atoms with Crippen LogP contribution in [0.5, 0.6) is 5.75 Å². The number of alkyl halides is 6. The lowest BCUT2D eigenvalue weighted by Gasteiger charge is -2.13. The van der Waals surface area contributed by atoms with Crippen LogP contribution in [0.4, 0.5) is 30.7 Å². The predicted molar refractivity (Wildman–Crippen MR) is 43.1 cm³/mol. The van der Waals surface area contributed by atoms with Gasteiger partial charge in [-0.25, -0.2) is 4.39 Å². The minimum Gasteiger partial charge on any atom is -0.403 e. The standard InChI is InChI=1S/C8H2ClF7O/c9-4-2-5(10)6(17-8(14,15)16)1-3(4)7(11,12)13/h1-2H. The third-order valence-corrected chi connectivity index (χ3v) is 1.87. The molecule has 0 aromatic heterocycles. The van der Waals surface area contributed by atoms with Crippen molar-refractivity contribution in [3.63, 3.8) is 0 Å². The lowest BCUT2D eigenvalue weighted by Crippen LogP contribution is -2.18. The molecule has 9 heteroatoms. The average molecular weight is 283 g/mol. The fourth-order valence-electron chi connectivity index (χ4n) is 0.949. The molecule has 0 spiro atoms. The van der Waals surface area contributed by atoms with E-state index in [1.165, 1.54) is 0 Å². The number of ether oxygens (including phenoxy) is 1. The molecule has 0 N–H and O–H groups in total. The van der Waals surface area contributed by atoms with E-state index in [4.69, 9.17) is 11.6 Å². The molecule has 0 radical (unpaired) electrons. The number of hydrogen-bond acceptors (Lipinski definition) is 1. The van der Waals surface area contributed by atoms with Gasteiger partial charge in [0.2, 0.25) is 0 Å². The van der Waals surface area contributed by atoms with Crippen molar-refractivity contribution in [3.05, 3.63) is 28.5 Å². The van der Waals surface area contributed by atoms with Crippen LogP contribution in [0.2, 0.25) is 5.02 Å². The van der Waals surface area contributed by atoms with Gasteiger partial charge in [-0.3, -0.25) is 0 Å². The number of hydrogen-bond donors (Lipinski definition) is 0. The quantitative estimate of drug-likeness (QED) is 0.694. The van der Waals surface area contributed by atoms with Gasteiger partial charge in [0.05, 0.1) is 10.6 Å². The molecule has 1 rings (SSSR count). The molecule has 0 fully saturated rings. The van der Waals surface area contributed by atoms with E-state index in [1.54, 1.807) is 0 Å². The first kappa shape index (κ1) is 13.9. The monoisotopic (exact) mass is 282 g/mol. The Labute approximate surface area is 94.7 Å². The van der Waals surface area contributed by atoms with E-state index in [1.807, 2.05) is 0 Å². The highest BCUT2D eigenvalue weighted by Gasteiger charge is 2.37. The smallest absolute Gasteiger partial charge is 0.403 e. The second kappa shape index (κ2) is 4.25. The highest BCUT2D eigenvalue weighted by atomic mass is 35.5. The van der Waals surface area contributed by atoms with Gasteiger partial charge in [0.25, 0.3) is 0 Å². The van der Waals surface area contributed by atoms with Gasteiger partial charge in [0.15, 0.2) is 11.6 Å². The van der Waals surface area contributed by atoms with Crippen molar-refractivity contribution in [1.82, 2.24) is 0 Å². The summed E-state index contributed by atoms with van der Waals surface area (Å²) in [5, 5.41) is -1.05. The van der Waals surface area contributed by atoms with E-state index in [2.05, 4.69) is 4.74 Å². The molecule has 1 aromatic carbocycles. The zero-order valence-electron chi connectivity index (χ0n) is 7.59. The van der Waals surface area contributed by atoms with Gasteiger partial charge in [-0.05, 0) is 12.1 Å². The van der Waals surface area contributed by atoms with Gasteiger partial charge < -0.3 is 4.74 Å². The van der Waals surface area contributed by atoms with E-state index in [-0.39, 0.29) is 12.1 Å². The summed E-state index contributed by atoms with van der Waals surface area (Å²) in [6.45, 7) is 0. The van der Waals surface area contributed by atoms with Gasteiger partial charge in [-0.2, -0.15) is 13.2 Å². The van der Waals surface area contributed by atoms with Crippen molar-refractivity contribution in [2.45, 2.75) is 12.5 Å². The summed E-state index contributed by atoms with van der Waals surface area (Å²) in [7, 11) is 0. The first-order chi connectivity index (χ1) is 7.50. The van der Waals surface area contributed by atoms with Crippen molar-refractivity contribution < 1.29 is 35.5 Å². The molecule has 1 aromatic rings. The average Bonchev–Trinajstić information content (AvgIpc) is 2.05. The molecule has 0 aliphatic rings. The fourth-order valence-corrected chi connectivity index (χ4v) is 1.21. The SMILES string of the molecule is Fc1cc(Cl)c(C(F)(F)F)cc1OC(F)(F)F. The van der Waals surface area contributed by atoms with Crippen molar-refractivity contribution in [2.75, 3.05) is 0 Å². The Morgan fingerprint density at radius 1 is 1.00 bits per heavy atom. The predicted octanol–water partition coefficient (Wildman–Crippen LogP) is 4.40.